The molecule has 0 fully saturated rings. The molecule has 3 N–H and O–H groups in total. The smallest absolute Gasteiger partial charge is 0.153 e. The molecule has 0 aliphatic heterocycles. The number of amidine groups is 1. The summed E-state index contributed by atoms with van der Waals surface area (Å²) in [5.74, 6) is 0.182. The summed E-state index contributed by atoms with van der Waals surface area (Å²) in [5.41, 5.74) is 7.22. The zero-order valence-corrected chi connectivity index (χ0v) is 11.1. The van der Waals surface area contributed by atoms with E-state index in [1.165, 1.54) is 0 Å². The van der Waals surface area contributed by atoms with Gasteiger partial charge in [0.1, 0.15) is 0 Å². The minimum Gasteiger partial charge on any atom is -0.409 e. The van der Waals surface area contributed by atoms with Crippen LogP contribution in [-0.4, -0.2) is 38.8 Å². The number of aromatic nitrogens is 2. The van der Waals surface area contributed by atoms with Crippen LogP contribution in [0.1, 0.15) is 18.3 Å². The van der Waals surface area contributed by atoms with Gasteiger partial charge in [0.15, 0.2) is 5.84 Å². The van der Waals surface area contributed by atoms with E-state index < -0.39 is 0 Å². The summed E-state index contributed by atoms with van der Waals surface area (Å²) in [5, 5.41) is 16.4. The summed E-state index contributed by atoms with van der Waals surface area (Å²) in [6, 6.07) is 0. The van der Waals surface area contributed by atoms with E-state index in [2.05, 4.69) is 10.3 Å². The third kappa shape index (κ3) is 3.34. The number of nitrogens with two attached hydrogens (primary N) is 1. The predicted octanol–water partition coefficient (Wildman–Crippen LogP) is 0.950. The summed E-state index contributed by atoms with van der Waals surface area (Å²) >= 11 is 6.16. The molecule has 1 heterocycles. The lowest BCUT2D eigenvalue weighted by Gasteiger charge is -2.19. The third-order valence-corrected chi connectivity index (χ3v) is 3.09. The van der Waals surface area contributed by atoms with Gasteiger partial charge in [-0.3, -0.25) is 9.58 Å². The summed E-state index contributed by atoms with van der Waals surface area (Å²) in [6.07, 6.45) is 0. The molecule has 0 bridgehead atoms. The fraction of sp³-hybridized carbons (Fsp3) is 0.600. The first kappa shape index (κ1) is 13.8. The van der Waals surface area contributed by atoms with Gasteiger partial charge >= 0.3 is 0 Å². The second-order valence-corrected chi connectivity index (χ2v) is 4.24. The topological polar surface area (TPSA) is 79.7 Å². The Balaban J connectivity index is 2.80. The molecule has 0 saturated heterocycles. The van der Waals surface area contributed by atoms with Crippen molar-refractivity contribution in [1.29, 1.82) is 0 Å². The maximum Gasteiger partial charge on any atom is 0.153 e. The molecular formula is C10H18ClN5O. The van der Waals surface area contributed by atoms with Gasteiger partial charge in [0.25, 0.3) is 0 Å². The lowest BCUT2D eigenvalue weighted by Crippen LogP contribution is -2.34. The number of oxime groups is 1. The van der Waals surface area contributed by atoms with E-state index in [0.717, 1.165) is 17.9 Å². The summed E-state index contributed by atoms with van der Waals surface area (Å²) in [7, 11) is 1.85. The van der Waals surface area contributed by atoms with Crippen LogP contribution in [0.2, 0.25) is 5.02 Å². The molecule has 0 aliphatic rings. The van der Waals surface area contributed by atoms with E-state index in [4.69, 9.17) is 22.5 Å². The van der Waals surface area contributed by atoms with Crippen molar-refractivity contribution < 1.29 is 5.21 Å². The van der Waals surface area contributed by atoms with E-state index in [1.54, 1.807) is 4.68 Å². The van der Waals surface area contributed by atoms with Crippen LogP contribution in [0, 0.1) is 6.92 Å². The quantitative estimate of drug-likeness (QED) is 0.357. The lowest BCUT2D eigenvalue weighted by molar-refractivity contribution is 0.290. The highest BCUT2D eigenvalue weighted by Gasteiger charge is 2.14. The highest BCUT2D eigenvalue weighted by Crippen LogP contribution is 2.20. The van der Waals surface area contributed by atoms with Crippen molar-refractivity contribution in [3.63, 3.8) is 0 Å². The molecule has 6 nitrogen and oxygen atoms in total. The Labute approximate surface area is 106 Å². The number of likely N-dealkylation sites (N-methyl/N-ethyl adjacent to an activating group) is 1. The minimum atomic E-state index is 0.182. The molecule has 0 aromatic carbocycles. The highest BCUT2D eigenvalue weighted by molar-refractivity contribution is 6.31. The van der Waals surface area contributed by atoms with Gasteiger partial charge in [0.05, 0.1) is 23.0 Å². The molecule has 0 aliphatic carbocycles. The second kappa shape index (κ2) is 5.88. The molecule has 1 rings (SSSR count). The van der Waals surface area contributed by atoms with E-state index in [0.29, 0.717) is 18.1 Å². The van der Waals surface area contributed by atoms with Crippen molar-refractivity contribution in [2.75, 3.05) is 13.1 Å². The maximum absolute atomic E-state index is 8.55. The predicted molar refractivity (Wildman–Crippen MR) is 67.3 cm³/mol. The Bertz CT molecular complexity index is 415. The Morgan fingerprint density at radius 1 is 1.65 bits per heavy atom. The van der Waals surface area contributed by atoms with Gasteiger partial charge in [-0.15, -0.1) is 0 Å². The molecule has 0 amide bonds. The number of hydrogen-bond donors (Lipinski definition) is 2. The largest absolute Gasteiger partial charge is 0.409 e. The fourth-order valence-corrected chi connectivity index (χ4v) is 1.82. The molecule has 0 atom stereocenters. The lowest BCUT2D eigenvalue weighted by atomic mass is 10.3. The van der Waals surface area contributed by atoms with Crippen LogP contribution in [0.5, 0.6) is 0 Å². The summed E-state index contributed by atoms with van der Waals surface area (Å²) in [6.45, 7) is 5.65. The Morgan fingerprint density at radius 2 is 2.29 bits per heavy atom. The zero-order valence-electron chi connectivity index (χ0n) is 10.3. The molecular weight excluding hydrogens is 242 g/mol. The average Bonchev–Trinajstić information content (AvgIpc) is 2.54. The molecule has 96 valence electrons. The van der Waals surface area contributed by atoms with E-state index >= 15 is 0 Å². The molecule has 1 aromatic rings. The number of hydrogen-bond acceptors (Lipinski definition) is 4. The van der Waals surface area contributed by atoms with Crippen LogP contribution in [-0.2, 0) is 13.6 Å². The maximum atomic E-state index is 8.55. The second-order valence-electron chi connectivity index (χ2n) is 3.86. The van der Waals surface area contributed by atoms with Gasteiger partial charge in [-0.2, -0.15) is 5.10 Å². The van der Waals surface area contributed by atoms with E-state index in [9.17, 15) is 0 Å². The van der Waals surface area contributed by atoms with Crippen molar-refractivity contribution in [3.8, 4) is 0 Å². The minimum absolute atomic E-state index is 0.182. The van der Waals surface area contributed by atoms with Gasteiger partial charge < -0.3 is 10.9 Å². The monoisotopic (exact) mass is 259 g/mol. The molecule has 0 saturated carbocycles. The Kier molecular flexibility index (Phi) is 4.77. The van der Waals surface area contributed by atoms with Crippen molar-refractivity contribution in [2.45, 2.75) is 20.4 Å². The van der Waals surface area contributed by atoms with Crippen LogP contribution in [0.4, 0.5) is 0 Å². The van der Waals surface area contributed by atoms with Gasteiger partial charge in [0.2, 0.25) is 0 Å². The number of rotatable bonds is 5. The van der Waals surface area contributed by atoms with E-state index in [-0.39, 0.29) is 5.84 Å². The van der Waals surface area contributed by atoms with Crippen LogP contribution in [0.25, 0.3) is 0 Å². The zero-order chi connectivity index (χ0) is 13.0. The van der Waals surface area contributed by atoms with Gasteiger partial charge in [-0.05, 0) is 13.5 Å². The summed E-state index contributed by atoms with van der Waals surface area (Å²) < 4.78 is 1.76. The van der Waals surface area contributed by atoms with Crippen LogP contribution < -0.4 is 5.73 Å². The van der Waals surface area contributed by atoms with Gasteiger partial charge in [-0.1, -0.05) is 23.7 Å². The van der Waals surface area contributed by atoms with Crippen molar-refractivity contribution in [1.82, 2.24) is 14.7 Å². The summed E-state index contributed by atoms with van der Waals surface area (Å²) in [4.78, 5) is 2.01. The normalized spacial score (nSPS) is 12.4. The van der Waals surface area contributed by atoms with Crippen molar-refractivity contribution in [3.05, 3.63) is 16.4 Å². The number of halogens is 1. The first-order valence-corrected chi connectivity index (χ1v) is 5.74. The van der Waals surface area contributed by atoms with Crippen molar-refractivity contribution in [2.24, 2.45) is 17.9 Å². The van der Waals surface area contributed by atoms with Gasteiger partial charge in [-0.25, -0.2) is 0 Å². The molecule has 7 heteroatoms. The average molecular weight is 260 g/mol. The van der Waals surface area contributed by atoms with E-state index in [1.807, 2.05) is 25.8 Å². The standard InChI is InChI=1S/C10H18ClN5O/c1-4-16(6-9(12)14-17)5-8-10(11)7(2)13-15(8)3/h17H,4-6H2,1-3H3,(H2,12,14). The SMILES string of the molecule is CCN(CC(N)=NO)Cc1c(Cl)c(C)nn1C. The molecule has 0 unspecified atom stereocenters. The number of aryl methyl sites for hydroxylation is 2. The molecule has 0 radical (unpaired) electrons. The fourth-order valence-electron chi connectivity index (χ4n) is 1.60. The highest BCUT2D eigenvalue weighted by atomic mass is 35.5. The van der Waals surface area contributed by atoms with Crippen LogP contribution in [0.15, 0.2) is 5.16 Å². The van der Waals surface area contributed by atoms with Crippen LogP contribution >= 0.6 is 11.6 Å². The Morgan fingerprint density at radius 3 is 2.71 bits per heavy atom. The third-order valence-electron chi connectivity index (χ3n) is 2.60. The first-order valence-electron chi connectivity index (χ1n) is 5.36. The molecule has 1 aromatic heterocycles. The van der Waals surface area contributed by atoms with Crippen LogP contribution in [0.3, 0.4) is 0 Å². The number of nitrogens with zero attached hydrogens (tertiary/aromatic N) is 4. The molecule has 17 heavy (non-hydrogen) atoms. The molecule has 0 spiro atoms. The first-order chi connectivity index (χ1) is 7.99. The van der Waals surface area contributed by atoms with Crippen molar-refractivity contribution >= 4 is 17.4 Å². The van der Waals surface area contributed by atoms with Gasteiger partial charge in [0, 0.05) is 13.6 Å². The Hall–Kier alpha value is -1.27.